The van der Waals surface area contributed by atoms with E-state index in [1.54, 1.807) is 0 Å². The van der Waals surface area contributed by atoms with Crippen molar-refractivity contribution in [1.82, 2.24) is 0 Å². The maximum atomic E-state index is 15.4. The van der Waals surface area contributed by atoms with Crippen LogP contribution < -0.4 is 14.3 Å². The molecular formula is C24H5F15Sn. The molecule has 0 atom stereocenters. The first kappa shape index (κ1) is 29.6. The molecule has 0 saturated heterocycles. The summed E-state index contributed by atoms with van der Waals surface area (Å²) < 4.78 is 212. The summed E-state index contributed by atoms with van der Waals surface area (Å²) >= 11 is -8.22. The third-order valence-corrected chi connectivity index (χ3v) is 19.6. The van der Waals surface area contributed by atoms with Crippen LogP contribution in [0, 0.1) is 87.3 Å². The SMILES string of the molecule is Fc1c(F)c(F)[c]([Sn]([c]2ccccc2)([c]2c(F)c(F)c(F)c(F)c2F)[c]2c(F)c(F)c(F)c(F)c2F)c(F)c1F. The van der Waals surface area contributed by atoms with E-state index in [-0.39, 0.29) is 0 Å². The zero-order valence-electron chi connectivity index (χ0n) is 18.6. The molecule has 0 amide bonds. The molecular weight excluding hydrogens is 692 g/mol. The minimum absolute atomic E-state index is 0.463. The normalized spacial score (nSPS) is 11.9. The van der Waals surface area contributed by atoms with Crippen LogP contribution in [0.5, 0.6) is 0 Å². The van der Waals surface area contributed by atoms with Gasteiger partial charge in [0, 0.05) is 0 Å². The predicted octanol–water partition coefficient (Wildman–Crippen LogP) is 5.15. The average molecular weight is 697 g/mol. The summed E-state index contributed by atoms with van der Waals surface area (Å²) in [6, 6.07) is 3.47. The molecule has 0 spiro atoms. The number of halogens is 15. The first-order valence-corrected chi connectivity index (χ1v) is 16.0. The van der Waals surface area contributed by atoms with Gasteiger partial charge < -0.3 is 0 Å². The van der Waals surface area contributed by atoms with E-state index in [4.69, 9.17) is 0 Å². The Kier molecular flexibility index (Phi) is 7.57. The summed E-state index contributed by atoms with van der Waals surface area (Å²) in [5, 5.41) is 0. The van der Waals surface area contributed by atoms with Crippen LogP contribution in [0.25, 0.3) is 0 Å². The van der Waals surface area contributed by atoms with Crippen molar-refractivity contribution >= 4 is 32.7 Å². The predicted molar refractivity (Wildman–Crippen MR) is 109 cm³/mol. The van der Waals surface area contributed by atoms with Gasteiger partial charge in [0.1, 0.15) is 0 Å². The molecule has 4 aromatic rings. The molecule has 4 rings (SSSR count). The molecule has 0 aliphatic rings. The van der Waals surface area contributed by atoms with E-state index in [9.17, 15) is 39.5 Å². The maximum absolute atomic E-state index is 15.4. The molecule has 4 aromatic carbocycles. The topological polar surface area (TPSA) is 0 Å². The van der Waals surface area contributed by atoms with Crippen LogP contribution in [0.3, 0.4) is 0 Å². The molecule has 0 N–H and O–H groups in total. The summed E-state index contributed by atoms with van der Waals surface area (Å²) in [5.74, 6) is -44.8. The summed E-state index contributed by atoms with van der Waals surface area (Å²) in [4.78, 5) is 0. The Balaban J connectivity index is 2.55. The fraction of sp³-hybridized carbons (Fsp3) is 0. The average Bonchev–Trinajstić information content (AvgIpc) is 2.95. The van der Waals surface area contributed by atoms with Gasteiger partial charge in [0.15, 0.2) is 0 Å². The molecule has 0 aliphatic heterocycles. The zero-order chi connectivity index (χ0) is 30.0. The summed E-state index contributed by atoms with van der Waals surface area (Å²) in [6.07, 6.45) is 0. The summed E-state index contributed by atoms with van der Waals surface area (Å²) in [5.41, 5.74) is 0. The van der Waals surface area contributed by atoms with E-state index < -0.39 is 120 Å². The van der Waals surface area contributed by atoms with E-state index in [2.05, 4.69) is 0 Å². The molecule has 0 aliphatic carbocycles. The second-order valence-electron chi connectivity index (χ2n) is 7.95. The number of hydrogen-bond donors (Lipinski definition) is 0. The molecule has 0 aromatic heterocycles. The Morgan fingerprint density at radius 2 is 0.475 bits per heavy atom. The Morgan fingerprint density at radius 3 is 0.700 bits per heavy atom. The van der Waals surface area contributed by atoms with Crippen LogP contribution in [-0.4, -0.2) is 18.4 Å². The Hall–Kier alpha value is -3.37. The minimum atomic E-state index is -8.22. The molecule has 0 unspecified atom stereocenters. The zero-order valence-corrected chi connectivity index (χ0v) is 21.4. The van der Waals surface area contributed by atoms with Crippen molar-refractivity contribution < 1.29 is 65.9 Å². The first-order chi connectivity index (χ1) is 18.6. The summed E-state index contributed by atoms with van der Waals surface area (Å²) in [7, 11) is 0. The molecule has 40 heavy (non-hydrogen) atoms. The molecule has 0 saturated carbocycles. The fourth-order valence-corrected chi connectivity index (χ4v) is 18.4. The van der Waals surface area contributed by atoms with Crippen LogP contribution in [0.15, 0.2) is 30.3 Å². The molecule has 0 fully saturated rings. The van der Waals surface area contributed by atoms with Crippen molar-refractivity contribution in [3.63, 3.8) is 0 Å². The number of rotatable bonds is 4. The van der Waals surface area contributed by atoms with Crippen LogP contribution in [0.4, 0.5) is 65.9 Å². The summed E-state index contributed by atoms with van der Waals surface area (Å²) in [6.45, 7) is 0. The van der Waals surface area contributed by atoms with Gasteiger partial charge in [0.2, 0.25) is 0 Å². The van der Waals surface area contributed by atoms with Gasteiger partial charge in [-0.1, -0.05) is 0 Å². The third kappa shape index (κ3) is 3.87. The molecule has 0 heterocycles. The fourth-order valence-electron chi connectivity index (χ4n) is 4.30. The second kappa shape index (κ2) is 10.2. The van der Waals surface area contributed by atoms with E-state index in [0.717, 1.165) is 18.2 Å². The third-order valence-electron chi connectivity index (χ3n) is 5.96. The van der Waals surface area contributed by atoms with Crippen molar-refractivity contribution in [2.45, 2.75) is 0 Å². The van der Waals surface area contributed by atoms with Gasteiger partial charge in [0.25, 0.3) is 0 Å². The second-order valence-corrected chi connectivity index (χ2v) is 18.2. The number of benzene rings is 4. The van der Waals surface area contributed by atoms with Crippen LogP contribution in [0.2, 0.25) is 0 Å². The van der Waals surface area contributed by atoms with E-state index >= 15 is 26.3 Å². The monoisotopic (exact) mass is 698 g/mol. The first-order valence-electron chi connectivity index (χ1n) is 10.2. The van der Waals surface area contributed by atoms with Crippen LogP contribution in [0.1, 0.15) is 0 Å². The molecule has 0 nitrogen and oxygen atoms in total. The quantitative estimate of drug-likeness (QED) is 0.120. The standard InChI is InChI=1S/3C6F5.C6H5.Sn/c3*7-2-1-3(8)5(10)6(11)4(2)9;1-2-4-6-5-3-1;/h;;;1-5H;. The molecule has 210 valence electrons. The van der Waals surface area contributed by atoms with Crippen molar-refractivity contribution in [1.29, 1.82) is 0 Å². The van der Waals surface area contributed by atoms with Crippen molar-refractivity contribution in [2.75, 3.05) is 0 Å². The van der Waals surface area contributed by atoms with Gasteiger partial charge in [-0.3, -0.25) is 0 Å². The van der Waals surface area contributed by atoms with Crippen LogP contribution in [-0.2, 0) is 0 Å². The molecule has 16 heteroatoms. The van der Waals surface area contributed by atoms with Gasteiger partial charge in [-0.25, -0.2) is 0 Å². The van der Waals surface area contributed by atoms with Gasteiger partial charge in [-0.15, -0.1) is 0 Å². The van der Waals surface area contributed by atoms with Crippen molar-refractivity contribution in [3.05, 3.63) is 118 Å². The van der Waals surface area contributed by atoms with Gasteiger partial charge in [0.05, 0.1) is 0 Å². The Morgan fingerprint density at radius 1 is 0.275 bits per heavy atom. The molecule has 0 radical (unpaired) electrons. The van der Waals surface area contributed by atoms with E-state index in [0.29, 0.717) is 12.1 Å². The van der Waals surface area contributed by atoms with Gasteiger partial charge in [-0.2, -0.15) is 0 Å². The van der Waals surface area contributed by atoms with Gasteiger partial charge in [-0.05, 0) is 0 Å². The Labute approximate surface area is 216 Å². The van der Waals surface area contributed by atoms with Crippen molar-refractivity contribution in [2.24, 2.45) is 0 Å². The molecule has 0 bridgehead atoms. The van der Waals surface area contributed by atoms with Crippen LogP contribution >= 0.6 is 0 Å². The Bertz CT molecular complexity index is 1450. The van der Waals surface area contributed by atoms with E-state index in [1.807, 2.05) is 0 Å². The van der Waals surface area contributed by atoms with Crippen molar-refractivity contribution in [3.8, 4) is 0 Å². The van der Waals surface area contributed by atoms with Gasteiger partial charge >= 0.3 is 216 Å². The number of hydrogen-bond acceptors (Lipinski definition) is 0. The van der Waals surface area contributed by atoms with E-state index in [1.165, 1.54) is 0 Å².